The molecule has 0 unspecified atom stereocenters. The van der Waals surface area contributed by atoms with Gasteiger partial charge in [-0.15, -0.1) is 0 Å². The lowest BCUT2D eigenvalue weighted by Crippen LogP contribution is -2.12. The van der Waals surface area contributed by atoms with Gasteiger partial charge in [0.05, 0.1) is 18.4 Å². The van der Waals surface area contributed by atoms with Crippen LogP contribution in [0.3, 0.4) is 0 Å². The van der Waals surface area contributed by atoms with Crippen LogP contribution >= 0.6 is 11.6 Å². The van der Waals surface area contributed by atoms with Gasteiger partial charge >= 0.3 is 0 Å². The number of hydrogen-bond acceptors (Lipinski definition) is 4. The SMILES string of the molecule is CC(C)OCCOc1nc(Cl)ccc1N. The summed E-state index contributed by atoms with van der Waals surface area (Å²) in [4.78, 5) is 3.95. The molecule has 2 N–H and O–H groups in total. The third-order valence-electron chi connectivity index (χ3n) is 1.63. The van der Waals surface area contributed by atoms with Crippen LogP contribution in [0, 0.1) is 0 Å². The second-order valence-corrected chi connectivity index (χ2v) is 3.68. The smallest absolute Gasteiger partial charge is 0.238 e. The van der Waals surface area contributed by atoms with Crippen molar-refractivity contribution >= 4 is 17.3 Å². The first-order valence-electron chi connectivity index (χ1n) is 4.76. The number of ether oxygens (including phenoxy) is 2. The van der Waals surface area contributed by atoms with E-state index in [1.54, 1.807) is 12.1 Å². The van der Waals surface area contributed by atoms with Crippen LogP contribution in [-0.4, -0.2) is 24.3 Å². The molecule has 0 spiro atoms. The third kappa shape index (κ3) is 4.36. The molecule has 1 heterocycles. The molecule has 1 rings (SSSR count). The van der Waals surface area contributed by atoms with Crippen molar-refractivity contribution in [1.82, 2.24) is 4.98 Å². The van der Waals surface area contributed by atoms with Crippen molar-refractivity contribution in [2.24, 2.45) is 0 Å². The predicted octanol–water partition coefficient (Wildman–Crippen LogP) is 2.12. The molecular formula is C10H15ClN2O2. The topological polar surface area (TPSA) is 57.4 Å². The lowest BCUT2D eigenvalue weighted by Gasteiger charge is -2.09. The van der Waals surface area contributed by atoms with E-state index in [0.717, 1.165) is 0 Å². The summed E-state index contributed by atoms with van der Waals surface area (Å²) in [6.07, 6.45) is 0.193. The maximum Gasteiger partial charge on any atom is 0.238 e. The Morgan fingerprint density at radius 3 is 2.80 bits per heavy atom. The van der Waals surface area contributed by atoms with Gasteiger partial charge in [-0.1, -0.05) is 11.6 Å². The van der Waals surface area contributed by atoms with Crippen LogP contribution in [0.25, 0.3) is 0 Å². The monoisotopic (exact) mass is 230 g/mol. The first-order valence-corrected chi connectivity index (χ1v) is 5.14. The zero-order chi connectivity index (χ0) is 11.3. The number of nitrogens with two attached hydrogens (primary N) is 1. The van der Waals surface area contributed by atoms with Gasteiger partial charge < -0.3 is 15.2 Å². The minimum absolute atomic E-state index is 0.193. The van der Waals surface area contributed by atoms with Crippen molar-refractivity contribution in [3.63, 3.8) is 0 Å². The van der Waals surface area contributed by atoms with Gasteiger partial charge in [-0.25, -0.2) is 0 Å². The van der Waals surface area contributed by atoms with E-state index in [1.807, 2.05) is 13.8 Å². The third-order valence-corrected chi connectivity index (χ3v) is 1.84. The predicted molar refractivity (Wildman–Crippen MR) is 60.2 cm³/mol. The minimum atomic E-state index is 0.193. The van der Waals surface area contributed by atoms with Crippen LogP contribution in [0.5, 0.6) is 5.88 Å². The van der Waals surface area contributed by atoms with E-state index in [9.17, 15) is 0 Å². The van der Waals surface area contributed by atoms with E-state index in [0.29, 0.717) is 29.9 Å². The van der Waals surface area contributed by atoms with Crippen molar-refractivity contribution in [1.29, 1.82) is 0 Å². The van der Waals surface area contributed by atoms with E-state index in [-0.39, 0.29) is 6.10 Å². The number of pyridine rings is 1. The molecule has 15 heavy (non-hydrogen) atoms. The summed E-state index contributed by atoms with van der Waals surface area (Å²) in [6.45, 7) is 4.85. The van der Waals surface area contributed by atoms with Crippen molar-refractivity contribution in [2.45, 2.75) is 20.0 Å². The van der Waals surface area contributed by atoms with E-state index in [4.69, 9.17) is 26.8 Å². The molecule has 0 fully saturated rings. The van der Waals surface area contributed by atoms with Crippen molar-refractivity contribution < 1.29 is 9.47 Å². The van der Waals surface area contributed by atoms with Crippen LogP contribution in [0.15, 0.2) is 12.1 Å². The molecular weight excluding hydrogens is 216 g/mol. The summed E-state index contributed by atoms with van der Waals surface area (Å²) < 4.78 is 10.6. The number of nitrogens with zero attached hydrogens (tertiary/aromatic N) is 1. The fourth-order valence-corrected chi connectivity index (χ4v) is 1.11. The molecule has 4 nitrogen and oxygen atoms in total. The van der Waals surface area contributed by atoms with Gasteiger partial charge in [-0.2, -0.15) is 4.98 Å². The number of nitrogen functional groups attached to an aromatic ring is 1. The van der Waals surface area contributed by atoms with E-state index >= 15 is 0 Å². The van der Waals surface area contributed by atoms with Gasteiger partial charge in [0.25, 0.3) is 0 Å². The molecule has 1 aromatic rings. The quantitative estimate of drug-likeness (QED) is 0.622. The first kappa shape index (κ1) is 12.1. The normalized spacial score (nSPS) is 10.7. The summed E-state index contributed by atoms with van der Waals surface area (Å²) >= 11 is 5.70. The molecule has 5 heteroatoms. The summed E-state index contributed by atoms with van der Waals surface area (Å²) in [5.74, 6) is 0.356. The van der Waals surface area contributed by atoms with Crippen molar-refractivity contribution in [3.8, 4) is 5.88 Å². The van der Waals surface area contributed by atoms with Crippen LogP contribution in [0.2, 0.25) is 5.15 Å². The molecule has 0 aromatic carbocycles. The van der Waals surface area contributed by atoms with E-state index in [1.165, 1.54) is 0 Å². The molecule has 0 amide bonds. The Bertz CT molecular complexity index is 318. The molecule has 0 radical (unpaired) electrons. The van der Waals surface area contributed by atoms with Gasteiger partial charge in [0.2, 0.25) is 5.88 Å². The van der Waals surface area contributed by atoms with Crippen LogP contribution in [-0.2, 0) is 4.74 Å². The highest BCUT2D eigenvalue weighted by Gasteiger charge is 2.03. The van der Waals surface area contributed by atoms with Crippen LogP contribution < -0.4 is 10.5 Å². The van der Waals surface area contributed by atoms with E-state index < -0.39 is 0 Å². The second kappa shape index (κ2) is 5.78. The minimum Gasteiger partial charge on any atom is -0.474 e. The van der Waals surface area contributed by atoms with Crippen LogP contribution in [0.4, 0.5) is 5.69 Å². The molecule has 0 aliphatic carbocycles. The lowest BCUT2D eigenvalue weighted by molar-refractivity contribution is 0.0544. The number of hydrogen-bond donors (Lipinski definition) is 1. The second-order valence-electron chi connectivity index (χ2n) is 3.30. The van der Waals surface area contributed by atoms with Gasteiger partial charge in [-0.05, 0) is 26.0 Å². The van der Waals surface area contributed by atoms with Gasteiger partial charge in [0, 0.05) is 0 Å². The Morgan fingerprint density at radius 1 is 1.40 bits per heavy atom. The molecule has 0 aliphatic heterocycles. The number of rotatable bonds is 5. The first-order chi connectivity index (χ1) is 7.09. The Kier molecular flexibility index (Phi) is 4.65. The average Bonchev–Trinajstić information content (AvgIpc) is 2.17. The van der Waals surface area contributed by atoms with E-state index in [2.05, 4.69) is 4.98 Å². The van der Waals surface area contributed by atoms with Gasteiger partial charge in [-0.3, -0.25) is 0 Å². The number of anilines is 1. The zero-order valence-corrected chi connectivity index (χ0v) is 9.62. The summed E-state index contributed by atoms with van der Waals surface area (Å²) in [7, 11) is 0. The summed E-state index contributed by atoms with van der Waals surface area (Å²) in [5.41, 5.74) is 6.12. The van der Waals surface area contributed by atoms with Gasteiger partial charge in [0.15, 0.2) is 0 Å². The highest BCUT2D eigenvalue weighted by Crippen LogP contribution is 2.20. The largest absolute Gasteiger partial charge is 0.474 e. The summed E-state index contributed by atoms with van der Waals surface area (Å²) in [6, 6.07) is 3.28. The maximum atomic E-state index is 5.70. The molecule has 0 aliphatic rings. The fraction of sp³-hybridized carbons (Fsp3) is 0.500. The standard InChI is InChI=1S/C10H15ClN2O2/c1-7(2)14-5-6-15-10-8(12)3-4-9(11)13-10/h3-4,7H,5-6,12H2,1-2H3. The van der Waals surface area contributed by atoms with Crippen molar-refractivity contribution in [3.05, 3.63) is 17.3 Å². The highest BCUT2D eigenvalue weighted by atomic mass is 35.5. The lowest BCUT2D eigenvalue weighted by atomic mass is 10.4. The molecule has 0 atom stereocenters. The fourth-order valence-electron chi connectivity index (χ4n) is 0.966. The molecule has 0 saturated carbocycles. The Morgan fingerprint density at radius 2 is 2.13 bits per heavy atom. The zero-order valence-electron chi connectivity index (χ0n) is 8.87. The van der Waals surface area contributed by atoms with Crippen LogP contribution in [0.1, 0.15) is 13.8 Å². The molecule has 1 aromatic heterocycles. The molecule has 0 bridgehead atoms. The Hall–Kier alpha value is -1.00. The Labute approximate surface area is 94.3 Å². The van der Waals surface area contributed by atoms with Gasteiger partial charge in [0.1, 0.15) is 11.8 Å². The average molecular weight is 231 g/mol. The number of aromatic nitrogens is 1. The molecule has 84 valence electrons. The number of halogens is 1. The highest BCUT2D eigenvalue weighted by molar-refractivity contribution is 6.29. The summed E-state index contributed by atoms with van der Waals surface area (Å²) in [5, 5.41) is 0.365. The maximum absolute atomic E-state index is 5.70. The Balaban J connectivity index is 2.40. The molecule has 0 saturated heterocycles. The van der Waals surface area contributed by atoms with Crippen molar-refractivity contribution in [2.75, 3.05) is 18.9 Å².